The fourth-order valence-corrected chi connectivity index (χ4v) is 2.32. The van der Waals surface area contributed by atoms with E-state index in [1.807, 2.05) is 18.2 Å². The van der Waals surface area contributed by atoms with Crippen LogP contribution in [0.3, 0.4) is 0 Å². The summed E-state index contributed by atoms with van der Waals surface area (Å²) in [5.74, 6) is 1.15. The minimum absolute atomic E-state index is 0.258. The molecule has 2 nitrogen and oxygen atoms in total. The number of benzene rings is 1. The van der Waals surface area contributed by atoms with Crippen molar-refractivity contribution in [3.8, 4) is 0 Å². The van der Waals surface area contributed by atoms with Crippen molar-refractivity contribution in [1.29, 1.82) is 0 Å². The van der Waals surface area contributed by atoms with E-state index in [9.17, 15) is 4.79 Å². The third kappa shape index (κ3) is 3.67. The van der Waals surface area contributed by atoms with Crippen molar-refractivity contribution >= 4 is 5.78 Å². The first-order valence-electron chi connectivity index (χ1n) is 6.83. The third-order valence-electron chi connectivity index (χ3n) is 3.49. The first kappa shape index (κ1) is 13.3. The molecule has 18 heavy (non-hydrogen) atoms. The number of ketones is 1. The largest absolute Gasteiger partial charge is 0.373 e. The zero-order valence-corrected chi connectivity index (χ0v) is 11.3. The van der Waals surface area contributed by atoms with Crippen LogP contribution in [0.5, 0.6) is 0 Å². The van der Waals surface area contributed by atoms with Gasteiger partial charge >= 0.3 is 0 Å². The Labute approximate surface area is 109 Å². The Kier molecular flexibility index (Phi) is 4.54. The summed E-state index contributed by atoms with van der Waals surface area (Å²) in [5, 5.41) is 0. The lowest BCUT2D eigenvalue weighted by Gasteiger charge is -2.34. The monoisotopic (exact) mass is 246 g/mol. The van der Waals surface area contributed by atoms with Gasteiger partial charge in [-0.05, 0) is 24.3 Å². The van der Waals surface area contributed by atoms with E-state index in [2.05, 4.69) is 26.0 Å². The van der Waals surface area contributed by atoms with E-state index < -0.39 is 0 Å². The highest BCUT2D eigenvalue weighted by atomic mass is 16.5. The molecular weight excluding hydrogens is 224 g/mol. The van der Waals surface area contributed by atoms with E-state index in [1.54, 1.807) is 0 Å². The van der Waals surface area contributed by atoms with Crippen LogP contribution < -0.4 is 0 Å². The van der Waals surface area contributed by atoms with Gasteiger partial charge in [-0.15, -0.1) is 0 Å². The second-order valence-electron chi connectivity index (χ2n) is 5.65. The van der Waals surface area contributed by atoms with Crippen LogP contribution in [-0.2, 0) is 16.1 Å². The summed E-state index contributed by atoms with van der Waals surface area (Å²) < 4.78 is 5.80. The molecule has 0 aromatic heterocycles. The van der Waals surface area contributed by atoms with E-state index in [1.165, 1.54) is 5.56 Å². The molecule has 0 N–H and O–H groups in total. The molecule has 0 radical (unpaired) electrons. The summed E-state index contributed by atoms with van der Waals surface area (Å²) in [6.45, 7) is 4.86. The second kappa shape index (κ2) is 6.14. The van der Waals surface area contributed by atoms with Crippen LogP contribution in [0.25, 0.3) is 0 Å². The molecule has 0 saturated heterocycles. The van der Waals surface area contributed by atoms with E-state index in [4.69, 9.17) is 4.74 Å². The van der Waals surface area contributed by atoms with Gasteiger partial charge in [0.1, 0.15) is 5.78 Å². The number of ether oxygens (including phenoxy) is 1. The quantitative estimate of drug-likeness (QED) is 0.766. The molecule has 0 spiro atoms. The Morgan fingerprint density at radius 2 is 1.94 bits per heavy atom. The van der Waals surface area contributed by atoms with E-state index in [0.29, 0.717) is 18.3 Å². The number of hydrogen-bond donors (Lipinski definition) is 0. The average molecular weight is 246 g/mol. The zero-order chi connectivity index (χ0) is 13.0. The van der Waals surface area contributed by atoms with Gasteiger partial charge in [0.05, 0.1) is 12.7 Å². The molecule has 1 aliphatic carbocycles. The standard InChI is InChI=1S/C16H22O2/c1-12(2)8-16(17)14-9-15(10-14)18-11-13-6-4-3-5-7-13/h3-7,12,14-15H,8-11H2,1-2H3. The van der Waals surface area contributed by atoms with Crippen molar-refractivity contribution in [1.82, 2.24) is 0 Å². The molecule has 2 rings (SSSR count). The van der Waals surface area contributed by atoms with E-state index in [-0.39, 0.29) is 12.0 Å². The molecule has 98 valence electrons. The van der Waals surface area contributed by atoms with Crippen molar-refractivity contribution in [3.05, 3.63) is 35.9 Å². The SMILES string of the molecule is CC(C)CC(=O)C1CC(OCc2ccccc2)C1. The Morgan fingerprint density at radius 1 is 1.28 bits per heavy atom. The fraction of sp³-hybridized carbons (Fsp3) is 0.562. The lowest BCUT2D eigenvalue weighted by molar-refractivity contribution is -0.133. The molecule has 0 bridgehead atoms. The molecule has 0 atom stereocenters. The Bertz CT molecular complexity index is 377. The number of carbonyl (C=O) groups is 1. The third-order valence-corrected chi connectivity index (χ3v) is 3.49. The van der Waals surface area contributed by atoms with Gasteiger partial charge in [0.2, 0.25) is 0 Å². The van der Waals surface area contributed by atoms with E-state index >= 15 is 0 Å². The summed E-state index contributed by atoms with van der Waals surface area (Å²) in [6.07, 6.45) is 2.83. The lowest BCUT2D eigenvalue weighted by atomic mass is 9.77. The van der Waals surface area contributed by atoms with Gasteiger partial charge in [-0.3, -0.25) is 4.79 Å². The van der Waals surface area contributed by atoms with Crippen molar-refractivity contribution < 1.29 is 9.53 Å². The van der Waals surface area contributed by atoms with E-state index in [0.717, 1.165) is 19.3 Å². The summed E-state index contributed by atoms with van der Waals surface area (Å²) in [4.78, 5) is 11.8. The Hall–Kier alpha value is -1.15. The predicted molar refractivity (Wildman–Crippen MR) is 72.2 cm³/mol. The van der Waals surface area contributed by atoms with Gasteiger partial charge in [0.15, 0.2) is 0 Å². The topological polar surface area (TPSA) is 26.3 Å². The smallest absolute Gasteiger partial charge is 0.136 e. The molecule has 1 fully saturated rings. The van der Waals surface area contributed by atoms with Crippen LogP contribution in [0.15, 0.2) is 30.3 Å². The maximum absolute atomic E-state index is 11.8. The van der Waals surface area contributed by atoms with Crippen LogP contribution in [0, 0.1) is 11.8 Å². The van der Waals surface area contributed by atoms with Crippen LogP contribution in [0.1, 0.15) is 38.7 Å². The van der Waals surface area contributed by atoms with Gasteiger partial charge in [0, 0.05) is 12.3 Å². The summed E-state index contributed by atoms with van der Waals surface area (Å²) in [7, 11) is 0. The average Bonchev–Trinajstić information content (AvgIpc) is 2.27. The Morgan fingerprint density at radius 3 is 2.56 bits per heavy atom. The molecule has 0 aliphatic heterocycles. The first-order valence-corrected chi connectivity index (χ1v) is 6.83. The van der Waals surface area contributed by atoms with Gasteiger partial charge in [0.25, 0.3) is 0 Å². The number of rotatable bonds is 6. The van der Waals surface area contributed by atoms with Crippen molar-refractivity contribution in [2.75, 3.05) is 0 Å². The molecule has 1 aromatic rings. The van der Waals surface area contributed by atoms with Crippen molar-refractivity contribution in [2.45, 2.75) is 45.8 Å². The van der Waals surface area contributed by atoms with Gasteiger partial charge < -0.3 is 4.74 Å². The lowest BCUT2D eigenvalue weighted by Crippen LogP contribution is -2.36. The fourth-order valence-electron chi connectivity index (χ4n) is 2.32. The maximum Gasteiger partial charge on any atom is 0.136 e. The van der Waals surface area contributed by atoms with Crippen molar-refractivity contribution in [2.24, 2.45) is 11.8 Å². The molecule has 1 saturated carbocycles. The summed E-state index contributed by atoms with van der Waals surface area (Å²) in [5.41, 5.74) is 1.20. The normalized spacial score (nSPS) is 22.8. The number of carbonyl (C=O) groups excluding carboxylic acids is 1. The molecule has 0 unspecified atom stereocenters. The zero-order valence-electron chi connectivity index (χ0n) is 11.3. The highest BCUT2D eigenvalue weighted by Gasteiger charge is 2.34. The molecule has 0 heterocycles. The highest BCUT2D eigenvalue weighted by Crippen LogP contribution is 2.32. The van der Waals surface area contributed by atoms with Crippen LogP contribution in [0.4, 0.5) is 0 Å². The van der Waals surface area contributed by atoms with Gasteiger partial charge in [-0.25, -0.2) is 0 Å². The molecular formula is C16H22O2. The van der Waals surface area contributed by atoms with Gasteiger partial charge in [-0.1, -0.05) is 44.2 Å². The summed E-state index contributed by atoms with van der Waals surface area (Å²) >= 11 is 0. The highest BCUT2D eigenvalue weighted by molar-refractivity contribution is 5.82. The Balaban J connectivity index is 1.66. The molecule has 0 amide bonds. The van der Waals surface area contributed by atoms with Crippen molar-refractivity contribution in [3.63, 3.8) is 0 Å². The molecule has 1 aromatic carbocycles. The first-order chi connectivity index (χ1) is 8.65. The predicted octanol–water partition coefficient (Wildman–Crippen LogP) is 3.60. The minimum Gasteiger partial charge on any atom is -0.373 e. The number of hydrogen-bond acceptors (Lipinski definition) is 2. The van der Waals surface area contributed by atoms with Crippen LogP contribution >= 0.6 is 0 Å². The van der Waals surface area contributed by atoms with Crippen LogP contribution in [0.2, 0.25) is 0 Å². The maximum atomic E-state index is 11.8. The second-order valence-corrected chi connectivity index (χ2v) is 5.65. The summed E-state index contributed by atoms with van der Waals surface area (Å²) in [6, 6.07) is 10.2. The minimum atomic E-state index is 0.258. The molecule has 2 heteroatoms. The van der Waals surface area contributed by atoms with Gasteiger partial charge in [-0.2, -0.15) is 0 Å². The number of Topliss-reactive ketones (excluding diaryl/α,β-unsaturated/α-hetero) is 1. The van der Waals surface area contributed by atoms with Crippen LogP contribution in [-0.4, -0.2) is 11.9 Å². The molecule has 1 aliphatic rings.